The number of nitrogens with zero attached hydrogens (tertiary/aromatic N) is 1. The third-order valence-corrected chi connectivity index (χ3v) is 7.39. The zero-order valence-electron chi connectivity index (χ0n) is 20.5. The number of ether oxygens (including phenoxy) is 1. The van der Waals surface area contributed by atoms with Gasteiger partial charge in [0.15, 0.2) is 0 Å². The van der Waals surface area contributed by atoms with Gasteiger partial charge in [0.1, 0.15) is 12.4 Å². The van der Waals surface area contributed by atoms with Crippen molar-refractivity contribution in [2.24, 2.45) is 0 Å². The molecule has 0 atom stereocenters. The van der Waals surface area contributed by atoms with Gasteiger partial charge in [0, 0.05) is 40.3 Å². The van der Waals surface area contributed by atoms with E-state index in [4.69, 9.17) is 27.9 Å². The van der Waals surface area contributed by atoms with Crippen molar-refractivity contribution in [3.05, 3.63) is 112 Å². The van der Waals surface area contributed by atoms with E-state index in [1.807, 2.05) is 12.1 Å². The average molecular weight is 578 g/mol. The van der Waals surface area contributed by atoms with Gasteiger partial charge in [-0.3, -0.25) is 4.90 Å². The van der Waals surface area contributed by atoms with E-state index in [0.29, 0.717) is 22.7 Å². The van der Waals surface area contributed by atoms with E-state index in [0.717, 1.165) is 50.3 Å². The van der Waals surface area contributed by atoms with Crippen LogP contribution in [0.3, 0.4) is 0 Å². The monoisotopic (exact) mass is 576 g/mol. The molecule has 0 unspecified atom stereocenters. The Hall–Kier alpha value is -1.98. The summed E-state index contributed by atoms with van der Waals surface area (Å²) in [6.45, 7) is 4.43. The second-order valence-corrected chi connectivity index (χ2v) is 10.0. The van der Waals surface area contributed by atoms with Crippen molar-refractivity contribution >= 4 is 58.8 Å². The second kappa shape index (κ2) is 14.2. The van der Waals surface area contributed by atoms with Gasteiger partial charge in [-0.2, -0.15) is 0 Å². The molecule has 5 rings (SSSR count). The van der Waals surface area contributed by atoms with Gasteiger partial charge in [0.05, 0.1) is 0 Å². The Morgan fingerprint density at radius 2 is 1.57 bits per heavy atom. The minimum absolute atomic E-state index is 0. The number of fused-ring (bicyclic) bond motifs is 1. The van der Waals surface area contributed by atoms with Crippen LogP contribution in [0, 0.1) is 0 Å². The highest BCUT2D eigenvalue weighted by atomic mass is 35.5. The molecule has 0 aromatic heterocycles. The third-order valence-electron chi connectivity index (χ3n) is 6.80. The van der Waals surface area contributed by atoms with Gasteiger partial charge in [-0.1, -0.05) is 89.9 Å². The fraction of sp³-hybridized carbons (Fsp3) is 0.267. The number of rotatable bonds is 8. The Morgan fingerprint density at radius 3 is 2.32 bits per heavy atom. The van der Waals surface area contributed by atoms with Crippen LogP contribution in [0.2, 0.25) is 10.0 Å². The lowest BCUT2D eigenvalue weighted by Gasteiger charge is -2.32. The van der Waals surface area contributed by atoms with Crippen molar-refractivity contribution in [3.63, 3.8) is 0 Å². The molecular weight excluding hydrogens is 546 g/mol. The molecule has 1 aliphatic rings. The third kappa shape index (κ3) is 7.77. The predicted molar refractivity (Wildman–Crippen MR) is 161 cm³/mol. The Bertz CT molecular complexity index is 1280. The van der Waals surface area contributed by atoms with Crippen LogP contribution >= 0.6 is 48.0 Å². The SMILES string of the molecule is Cl.Cl.Clc1ccc(COc2ccc3ccccc3c2CNC2CCN(Cc3ccccc3)CC2)c(Cl)c1. The molecule has 4 aromatic rings. The molecule has 0 saturated carbocycles. The highest BCUT2D eigenvalue weighted by Gasteiger charge is 2.20. The van der Waals surface area contributed by atoms with Crippen molar-refractivity contribution in [2.45, 2.75) is 38.6 Å². The quantitative estimate of drug-likeness (QED) is 0.228. The summed E-state index contributed by atoms with van der Waals surface area (Å²) in [4.78, 5) is 2.55. The molecule has 0 amide bonds. The molecule has 3 nitrogen and oxygen atoms in total. The molecular formula is C30H32Cl4N2O. The number of halogens is 4. The van der Waals surface area contributed by atoms with Gasteiger partial charge < -0.3 is 10.1 Å². The van der Waals surface area contributed by atoms with Crippen LogP contribution in [0.4, 0.5) is 0 Å². The molecule has 0 aliphatic carbocycles. The highest BCUT2D eigenvalue weighted by Crippen LogP contribution is 2.30. The van der Waals surface area contributed by atoms with Crippen molar-refractivity contribution < 1.29 is 4.74 Å². The van der Waals surface area contributed by atoms with Crippen LogP contribution in [0.25, 0.3) is 10.8 Å². The van der Waals surface area contributed by atoms with Crippen LogP contribution in [-0.4, -0.2) is 24.0 Å². The van der Waals surface area contributed by atoms with E-state index in [1.165, 1.54) is 21.9 Å². The fourth-order valence-corrected chi connectivity index (χ4v) is 5.27. The topological polar surface area (TPSA) is 24.5 Å². The van der Waals surface area contributed by atoms with Crippen LogP contribution in [-0.2, 0) is 19.7 Å². The number of hydrogen-bond acceptors (Lipinski definition) is 3. The molecule has 7 heteroatoms. The normalized spacial score (nSPS) is 14.1. The molecule has 196 valence electrons. The van der Waals surface area contributed by atoms with Gasteiger partial charge >= 0.3 is 0 Å². The molecule has 37 heavy (non-hydrogen) atoms. The van der Waals surface area contributed by atoms with E-state index in [-0.39, 0.29) is 24.8 Å². The highest BCUT2D eigenvalue weighted by molar-refractivity contribution is 6.35. The Kier molecular flexibility index (Phi) is 11.4. The van der Waals surface area contributed by atoms with Gasteiger partial charge in [-0.25, -0.2) is 0 Å². The van der Waals surface area contributed by atoms with E-state index < -0.39 is 0 Å². The zero-order valence-corrected chi connectivity index (χ0v) is 23.7. The zero-order chi connectivity index (χ0) is 24.0. The summed E-state index contributed by atoms with van der Waals surface area (Å²) >= 11 is 12.4. The lowest BCUT2D eigenvalue weighted by atomic mass is 10.0. The Balaban J connectivity index is 0.00000190. The molecule has 1 saturated heterocycles. The van der Waals surface area contributed by atoms with Crippen molar-refractivity contribution in [1.82, 2.24) is 10.2 Å². The number of piperidine rings is 1. The summed E-state index contributed by atoms with van der Waals surface area (Å²) in [5.74, 6) is 0.892. The van der Waals surface area contributed by atoms with Crippen LogP contribution in [0.1, 0.15) is 29.5 Å². The molecule has 4 aromatic carbocycles. The van der Waals surface area contributed by atoms with Crippen LogP contribution in [0.15, 0.2) is 84.9 Å². The maximum Gasteiger partial charge on any atom is 0.124 e. The standard InChI is InChI=1S/C30H30Cl2N2O.2ClH/c31-25-12-10-24(29(32)18-25)21-35-30-13-11-23-8-4-5-9-27(23)28(30)19-33-26-14-16-34(17-15-26)20-22-6-2-1-3-7-22;;/h1-13,18,26,33H,14-17,19-21H2;2*1H. The van der Waals surface area contributed by atoms with E-state index in [2.05, 4.69) is 76.9 Å². The lowest BCUT2D eigenvalue weighted by molar-refractivity contribution is 0.190. The Morgan fingerprint density at radius 1 is 0.838 bits per heavy atom. The molecule has 0 radical (unpaired) electrons. The molecule has 1 fully saturated rings. The lowest BCUT2D eigenvalue weighted by Crippen LogP contribution is -2.41. The van der Waals surface area contributed by atoms with Crippen LogP contribution in [0.5, 0.6) is 5.75 Å². The van der Waals surface area contributed by atoms with Crippen molar-refractivity contribution in [2.75, 3.05) is 13.1 Å². The van der Waals surface area contributed by atoms with Crippen LogP contribution < -0.4 is 10.1 Å². The van der Waals surface area contributed by atoms with E-state index in [9.17, 15) is 0 Å². The molecule has 0 spiro atoms. The molecule has 1 aliphatic heterocycles. The largest absolute Gasteiger partial charge is 0.488 e. The fourth-order valence-electron chi connectivity index (χ4n) is 4.81. The smallest absolute Gasteiger partial charge is 0.124 e. The van der Waals surface area contributed by atoms with Crippen molar-refractivity contribution in [1.29, 1.82) is 0 Å². The summed E-state index contributed by atoms with van der Waals surface area (Å²) in [6.07, 6.45) is 2.29. The molecule has 1 N–H and O–H groups in total. The van der Waals surface area contributed by atoms with E-state index in [1.54, 1.807) is 6.07 Å². The maximum atomic E-state index is 6.38. The maximum absolute atomic E-state index is 6.38. The molecule has 0 bridgehead atoms. The van der Waals surface area contributed by atoms with Crippen molar-refractivity contribution in [3.8, 4) is 5.75 Å². The summed E-state index contributed by atoms with van der Waals surface area (Å²) in [6, 6.07) is 29.5. The summed E-state index contributed by atoms with van der Waals surface area (Å²) in [7, 11) is 0. The summed E-state index contributed by atoms with van der Waals surface area (Å²) in [5, 5.41) is 7.52. The number of hydrogen-bond donors (Lipinski definition) is 1. The first-order valence-electron chi connectivity index (χ1n) is 12.2. The van der Waals surface area contributed by atoms with Gasteiger partial charge in [0.25, 0.3) is 0 Å². The molecule has 1 heterocycles. The number of benzene rings is 4. The summed E-state index contributed by atoms with van der Waals surface area (Å²) in [5.41, 5.74) is 3.51. The second-order valence-electron chi connectivity index (χ2n) is 9.20. The number of nitrogens with one attached hydrogen (secondary N) is 1. The first-order valence-corrected chi connectivity index (χ1v) is 13.0. The minimum atomic E-state index is 0. The van der Waals surface area contributed by atoms with Gasteiger partial charge in [-0.05, 0) is 60.5 Å². The Labute approximate surface area is 241 Å². The minimum Gasteiger partial charge on any atom is -0.488 e. The first kappa shape index (κ1) is 29.6. The first-order chi connectivity index (χ1) is 17.2. The van der Waals surface area contributed by atoms with Gasteiger partial charge in [0.2, 0.25) is 0 Å². The van der Waals surface area contributed by atoms with E-state index >= 15 is 0 Å². The summed E-state index contributed by atoms with van der Waals surface area (Å²) < 4.78 is 6.30. The predicted octanol–water partition coefficient (Wildman–Crippen LogP) is 8.32. The average Bonchev–Trinajstić information content (AvgIpc) is 2.88. The number of likely N-dealkylation sites (tertiary alicyclic amines) is 1. The van der Waals surface area contributed by atoms with Gasteiger partial charge in [-0.15, -0.1) is 24.8 Å².